The fraction of sp³-hybridized carbons (Fsp3) is 0.167. The van der Waals surface area contributed by atoms with Gasteiger partial charge in [0, 0.05) is 30.9 Å². The normalized spacial score (nSPS) is 10.3. The molecule has 2 N–H and O–H groups in total. The van der Waals surface area contributed by atoms with Gasteiger partial charge in [0.2, 0.25) is 0 Å². The molecule has 0 aliphatic carbocycles. The van der Waals surface area contributed by atoms with Crippen LogP contribution < -0.4 is 5.73 Å². The second-order valence-corrected chi connectivity index (χ2v) is 3.74. The number of hydrogen-bond donors (Lipinski definition) is 1. The second-order valence-electron chi connectivity index (χ2n) is 3.74. The van der Waals surface area contributed by atoms with Crippen LogP contribution in [-0.4, -0.2) is 15.6 Å². The molecule has 16 heavy (non-hydrogen) atoms. The van der Waals surface area contributed by atoms with Crippen molar-refractivity contribution in [3.8, 4) is 0 Å². The van der Waals surface area contributed by atoms with E-state index < -0.39 is 0 Å². The standard InChI is InChI=1S/C12H13N3O/c1-15-8-9(7-14-15)6-12(16)10-2-4-11(13)5-3-10/h2-5,7-8H,6,13H2,1H3. The maximum absolute atomic E-state index is 11.9. The topological polar surface area (TPSA) is 60.9 Å². The molecule has 1 aromatic heterocycles. The summed E-state index contributed by atoms with van der Waals surface area (Å²) in [5, 5.41) is 4.02. The van der Waals surface area contributed by atoms with Crippen molar-refractivity contribution < 1.29 is 4.79 Å². The Morgan fingerprint density at radius 1 is 1.38 bits per heavy atom. The Labute approximate surface area is 93.7 Å². The number of carbonyl (C=O) groups excluding carboxylic acids is 1. The summed E-state index contributed by atoms with van der Waals surface area (Å²) in [7, 11) is 1.83. The van der Waals surface area contributed by atoms with Crippen LogP contribution in [0.1, 0.15) is 15.9 Å². The van der Waals surface area contributed by atoms with Crippen LogP contribution in [0.5, 0.6) is 0 Å². The summed E-state index contributed by atoms with van der Waals surface area (Å²) in [6.45, 7) is 0. The number of nitrogen functional groups attached to an aromatic ring is 1. The zero-order valence-corrected chi connectivity index (χ0v) is 9.05. The molecule has 0 unspecified atom stereocenters. The monoisotopic (exact) mass is 215 g/mol. The number of aryl methyl sites for hydroxylation is 1. The SMILES string of the molecule is Cn1cc(CC(=O)c2ccc(N)cc2)cn1. The average molecular weight is 215 g/mol. The number of nitrogens with zero attached hydrogens (tertiary/aromatic N) is 2. The van der Waals surface area contributed by atoms with Crippen molar-refractivity contribution >= 4 is 11.5 Å². The highest BCUT2D eigenvalue weighted by molar-refractivity contribution is 5.97. The van der Waals surface area contributed by atoms with E-state index in [1.54, 1.807) is 35.1 Å². The van der Waals surface area contributed by atoms with E-state index in [1.165, 1.54) is 0 Å². The van der Waals surface area contributed by atoms with Gasteiger partial charge in [-0.25, -0.2) is 0 Å². The number of Topliss-reactive ketones (excluding diaryl/α,β-unsaturated/α-hetero) is 1. The molecule has 82 valence electrons. The van der Waals surface area contributed by atoms with Crippen LogP contribution in [0.3, 0.4) is 0 Å². The van der Waals surface area contributed by atoms with E-state index in [9.17, 15) is 4.79 Å². The summed E-state index contributed by atoms with van der Waals surface area (Å²) in [5.41, 5.74) is 7.82. The van der Waals surface area contributed by atoms with E-state index in [4.69, 9.17) is 5.73 Å². The van der Waals surface area contributed by atoms with Crippen LogP contribution in [0.2, 0.25) is 0 Å². The minimum Gasteiger partial charge on any atom is -0.399 e. The van der Waals surface area contributed by atoms with Crippen LogP contribution >= 0.6 is 0 Å². The summed E-state index contributed by atoms with van der Waals surface area (Å²) in [6, 6.07) is 6.95. The van der Waals surface area contributed by atoms with Crippen molar-refractivity contribution in [1.82, 2.24) is 9.78 Å². The Bertz CT molecular complexity index is 499. The average Bonchev–Trinajstić information content (AvgIpc) is 2.65. The summed E-state index contributed by atoms with van der Waals surface area (Å²) in [4.78, 5) is 11.9. The molecule has 4 heteroatoms. The number of hydrogen-bond acceptors (Lipinski definition) is 3. The molecule has 2 aromatic rings. The molecule has 0 fully saturated rings. The Morgan fingerprint density at radius 2 is 2.06 bits per heavy atom. The maximum atomic E-state index is 11.9. The van der Waals surface area contributed by atoms with E-state index in [0.29, 0.717) is 17.7 Å². The van der Waals surface area contributed by atoms with Gasteiger partial charge in [0.1, 0.15) is 0 Å². The third-order valence-electron chi connectivity index (χ3n) is 2.36. The Balaban J connectivity index is 2.11. The Kier molecular flexibility index (Phi) is 2.72. The Hall–Kier alpha value is -2.10. The molecule has 0 radical (unpaired) electrons. The van der Waals surface area contributed by atoms with E-state index in [-0.39, 0.29) is 5.78 Å². The molecular formula is C12H13N3O. The van der Waals surface area contributed by atoms with E-state index in [1.807, 2.05) is 13.2 Å². The van der Waals surface area contributed by atoms with Crippen LogP contribution in [-0.2, 0) is 13.5 Å². The molecule has 0 spiro atoms. The number of carbonyl (C=O) groups is 1. The highest BCUT2D eigenvalue weighted by Crippen LogP contribution is 2.09. The minimum atomic E-state index is 0.0769. The number of rotatable bonds is 3. The van der Waals surface area contributed by atoms with E-state index >= 15 is 0 Å². The predicted molar refractivity (Wildman–Crippen MR) is 62.1 cm³/mol. The lowest BCUT2D eigenvalue weighted by molar-refractivity contribution is 0.0993. The molecule has 1 heterocycles. The number of anilines is 1. The first-order chi connectivity index (χ1) is 7.65. The van der Waals surface area contributed by atoms with Crippen molar-refractivity contribution in [1.29, 1.82) is 0 Å². The van der Waals surface area contributed by atoms with Gasteiger partial charge >= 0.3 is 0 Å². The lowest BCUT2D eigenvalue weighted by Gasteiger charge is -1.99. The summed E-state index contributed by atoms with van der Waals surface area (Å²) in [5.74, 6) is 0.0769. The van der Waals surface area contributed by atoms with Gasteiger partial charge in [-0.15, -0.1) is 0 Å². The van der Waals surface area contributed by atoms with Crippen molar-refractivity contribution in [3.63, 3.8) is 0 Å². The fourth-order valence-corrected chi connectivity index (χ4v) is 1.52. The highest BCUT2D eigenvalue weighted by atomic mass is 16.1. The summed E-state index contributed by atoms with van der Waals surface area (Å²) in [6.07, 6.45) is 3.92. The summed E-state index contributed by atoms with van der Waals surface area (Å²) >= 11 is 0. The first-order valence-electron chi connectivity index (χ1n) is 5.01. The van der Waals surface area contributed by atoms with Crippen LogP contribution in [0, 0.1) is 0 Å². The summed E-state index contributed by atoms with van der Waals surface area (Å²) < 4.78 is 1.69. The van der Waals surface area contributed by atoms with E-state index in [0.717, 1.165) is 5.56 Å². The van der Waals surface area contributed by atoms with Gasteiger partial charge in [0.15, 0.2) is 5.78 Å². The second kappa shape index (κ2) is 4.18. The minimum absolute atomic E-state index is 0.0769. The molecule has 0 aliphatic heterocycles. The van der Waals surface area contributed by atoms with Crippen molar-refractivity contribution in [2.75, 3.05) is 5.73 Å². The number of nitrogens with two attached hydrogens (primary N) is 1. The van der Waals surface area contributed by atoms with Gasteiger partial charge in [0.25, 0.3) is 0 Å². The van der Waals surface area contributed by atoms with Crippen molar-refractivity contribution in [2.45, 2.75) is 6.42 Å². The smallest absolute Gasteiger partial charge is 0.167 e. The Morgan fingerprint density at radius 3 is 2.62 bits per heavy atom. The maximum Gasteiger partial charge on any atom is 0.167 e. The molecule has 0 atom stereocenters. The molecule has 2 rings (SSSR count). The first-order valence-corrected chi connectivity index (χ1v) is 5.01. The molecule has 0 bridgehead atoms. The molecule has 0 aliphatic rings. The van der Waals surface area contributed by atoms with Crippen LogP contribution in [0.25, 0.3) is 0 Å². The predicted octanol–water partition coefficient (Wildman–Crippen LogP) is 1.43. The van der Waals surface area contributed by atoms with Crippen LogP contribution in [0.4, 0.5) is 5.69 Å². The first kappa shape index (κ1) is 10.4. The highest BCUT2D eigenvalue weighted by Gasteiger charge is 2.07. The van der Waals surface area contributed by atoms with Gasteiger partial charge in [-0.05, 0) is 29.8 Å². The zero-order chi connectivity index (χ0) is 11.5. The van der Waals surface area contributed by atoms with Gasteiger partial charge in [-0.2, -0.15) is 5.10 Å². The molecule has 0 saturated carbocycles. The lowest BCUT2D eigenvalue weighted by Crippen LogP contribution is -2.02. The van der Waals surface area contributed by atoms with Gasteiger partial charge in [0.05, 0.1) is 6.20 Å². The van der Waals surface area contributed by atoms with Gasteiger partial charge in [-0.1, -0.05) is 0 Å². The fourth-order valence-electron chi connectivity index (χ4n) is 1.52. The molecular weight excluding hydrogens is 202 g/mol. The molecule has 0 saturated heterocycles. The number of benzene rings is 1. The van der Waals surface area contributed by atoms with Crippen LogP contribution in [0.15, 0.2) is 36.7 Å². The lowest BCUT2D eigenvalue weighted by atomic mass is 10.1. The van der Waals surface area contributed by atoms with Crippen molar-refractivity contribution in [3.05, 3.63) is 47.8 Å². The zero-order valence-electron chi connectivity index (χ0n) is 9.05. The molecule has 4 nitrogen and oxygen atoms in total. The molecule has 0 amide bonds. The number of aromatic nitrogens is 2. The van der Waals surface area contributed by atoms with Gasteiger partial charge in [-0.3, -0.25) is 9.48 Å². The quantitative estimate of drug-likeness (QED) is 0.622. The van der Waals surface area contributed by atoms with Crippen molar-refractivity contribution in [2.24, 2.45) is 7.05 Å². The third kappa shape index (κ3) is 2.28. The van der Waals surface area contributed by atoms with E-state index in [2.05, 4.69) is 5.10 Å². The third-order valence-corrected chi connectivity index (χ3v) is 2.36. The number of ketones is 1. The largest absolute Gasteiger partial charge is 0.399 e. The molecule has 1 aromatic carbocycles. The van der Waals surface area contributed by atoms with Gasteiger partial charge < -0.3 is 5.73 Å².